The van der Waals surface area contributed by atoms with Crippen molar-refractivity contribution in [3.05, 3.63) is 45.9 Å². The molecule has 0 spiro atoms. The van der Waals surface area contributed by atoms with E-state index >= 15 is 0 Å². The van der Waals surface area contributed by atoms with Crippen LogP contribution in [0.1, 0.15) is 37.9 Å². The largest absolute Gasteiger partial charge is 0.497 e. The minimum atomic E-state index is -0.0424. The first-order valence-electron chi connectivity index (χ1n) is 8.07. The first-order valence-corrected chi connectivity index (χ1v) is 8.07. The van der Waals surface area contributed by atoms with Crippen molar-refractivity contribution in [1.82, 2.24) is 9.78 Å². The Kier molecular flexibility index (Phi) is 5.84. The van der Waals surface area contributed by atoms with Gasteiger partial charge in [-0.3, -0.25) is 4.79 Å². The molecule has 1 aromatic carbocycles. The normalized spacial score (nSPS) is 10.8. The van der Waals surface area contributed by atoms with Gasteiger partial charge in [-0.2, -0.15) is 5.10 Å². The van der Waals surface area contributed by atoms with Crippen molar-refractivity contribution in [3.8, 4) is 11.5 Å². The molecule has 0 atom stereocenters. The average molecular weight is 331 g/mol. The minimum absolute atomic E-state index is 0.0403. The fourth-order valence-electron chi connectivity index (χ4n) is 2.55. The van der Waals surface area contributed by atoms with Crippen molar-refractivity contribution in [1.29, 1.82) is 0 Å². The second kappa shape index (κ2) is 7.86. The molecule has 0 aliphatic carbocycles. The van der Waals surface area contributed by atoms with Crippen LogP contribution in [0.2, 0.25) is 0 Å². The molecule has 24 heavy (non-hydrogen) atoms. The van der Waals surface area contributed by atoms with Gasteiger partial charge in [0.1, 0.15) is 11.5 Å². The number of hydrogen-bond acceptors (Lipinski definition) is 5. The molecule has 0 aliphatic heterocycles. The van der Waals surface area contributed by atoms with Crippen molar-refractivity contribution in [3.63, 3.8) is 0 Å². The molecule has 6 nitrogen and oxygen atoms in total. The van der Waals surface area contributed by atoms with Gasteiger partial charge in [0.25, 0.3) is 5.56 Å². The molecule has 0 saturated heterocycles. The Morgan fingerprint density at radius 3 is 2.58 bits per heavy atom. The van der Waals surface area contributed by atoms with E-state index in [0.717, 1.165) is 28.3 Å². The van der Waals surface area contributed by atoms with Crippen LogP contribution in [-0.2, 0) is 13.0 Å². The standard InChI is InChI=1S/C18H25N3O3/c1-6-15-16(11-20-21(12(2)3)18(15)22)19-10-13-7-8-14(23-4)9-17(13)24-5/h7-9,11-12,19H,6,10H2,1-5H3. The van der Waals surface area contributed by atoms with Crippen molar-refractivity contribution in [2.24, 2.45) is 0 Å². The van der Waals surface area contributed by atoms with Crippen molar-refractivity contribution in [2.45, 2.75) is 39.8 Å². The minimum Gasteiger partial charge on any atom is -0.497 e. The molecule has 2 rings (SSSR count). The number of rotatable bonds is 7. The third-order valence-corrected chi connectivity index (χ3v) is 3.91. The average Bonchev–Trinajstić information content (AvgIpc) is 2.59. The van der Waals surface area contributed by atoms with Crippen LogP contribution in [0, 0.1) is 0 Å². The second-order valence-corrected chi connectivity index (χ2v) is 5.77. The zero-order valence-corrected chi connectivity index (χ0v) is 14.9. The van der Waals surface area contributed by atoms with E-state index in [4.69, 9.17) is 9.47 Å². The third kappa shape index (κ3) is 3.69. The predicted molar refractivity (Wildman–Crippen MR) is 95.1 cm³/mol. The third-order valence-electron chi connectivity index (χ3n) is 3.91. The van der Waals surface area contributed by atoms with E-state index in [0.29, 0.717) is 13.0 Å². The van der Waals surface area contributed by atoms with Crippen LogP contribution in [0.15, 0.2) is 29.2 Å². The summed E-state index contributed by atoms with van der Waals surface area (Å²) in [4.78, 5) is 12.5. The van der Waals surface area contributed by atoms with Crippen LogP contribution in [0.3, 0.4) is 0 Å². The number of aromatic nitrogens is 2. The van der Waals surface area contributed by atoms with Crippen LogP contribution in [0.5, 0.6) is 11.5 Å². The van der Waals surface area contributed by atoms with Crippen molar-refractivity contribution in [2.75, 3.05) is 19.5 Å². The molecule has 6 heteroatoms. The van der Waals surface area contributed by atoms with Gasteiger partial charge in [0.2, 0.25) is 0 Å². The van der Waals surface area contributed by atoms with Crippen molar-refractivity contribution < 1.29 is 9.47 Å². The van der Waals surface area contributed by atoms with E-state index in [1.165, 1.54) is 4.68 Å². The molecule has 1 heterocycles. The number of hydrogen-bond donors (Lipinski definition) is 1. The number of ether oxygens (including phenoxy) is 2. The number of nitrogens with one attached hydrogen (secondary N) is 1. The van der Waals surface area contributed by atoms with E-state index in [1.54, 1.807) is 20.4 Å². The monoisotopic (exact) mass is 331 g/mol. The van der Waals surface area contributed by atoms with Crippen LogP contribution in [0.4, 0.5) is 5.69 Å². The smallest absolute Gasteiger partial charge is 0.272 e. The highest BCUT2D eigenvalue weighted by atomic mass is 16.5. The molecule has 1 N–H and O–H groups in total. The predicted octanol–water partition coefficient (Wildman–Crippen LogP) is 3.02. The molecule has 130 valence electrons. The summed E-state index contributed by atoms with van der Waals surface area (Å²) in [5.41, 5.74) is 2.44. The number of nitrogens with zero attached hydrogens (tertiary/aromatic N) is 2. The summed E-state index contributed by atoms with van der Waals surface area (Å²) in [6.07, 6.45) is 2.37. The topological polar surface area (TPSA) is 65.4 Å². The molecule has 0 unspecified atom stereocenters. The SMILES string of the molecule is CCc1c(NCc2ccc(OC)cc2OC)cnn(C(C)C)c1=O. The molecule has 1 aromatic heterocycles. The molecular weight excluding hydrogens is 306 g/mol. The lowest BCUT2D eigenvalue weighted by Gasteiger charge is -2.16. The number of benzene rings is 1. The molecular formula is C18H25N3O3. The van der Waals surface area contributed by atoms with E-state index in [9.17, 15) is 4.79 Å². The molecule has 0 radical (unpaired) electrons. The maximum absolute atomic E-state index is 12.5. The Morgan fingerprint density at radius 1 is 1.25 bits per heavy atom. The van der Waals surface area contributed by atoms with E-state index < -0.39 is 0 Å². The van der Waals surface area contributed by atoms with Crippen LogP contribution in [-0.4, -0.2) is 24.0 Å². The summed E-state index contributed by atoms with van der Waals surface area (Å²) in [5.74, 6) is 1.48. The quantitative estimate of drug-likeness (QED) is 0.845. The van der Waals surface area contributed by atoms with Gasteiger partial charge in [0.15, 0.2) is 0 Å². The highest BCUT2D eigenvalue weighted by Crippen LogP contribution is 2.25. The van der Waals surface area contributed by atoms with E-state index in [1.807, 2.05) is 39.0 Å². The molecule has 0 fully saturated rings. The zero-order chi connectivity index (χ0) is 17.7. The lowest BCUT2D eigenvalue weighted by Crippen LogP contribution is -2.28. The highest BCUT2D eigenvalue weighted by Gasteiger charge is 2.12. The zero-order valence-electron chi connectivity index (χ0n) is 14.9. The van der Waals surface area contributed by atoms with Gasteiger partial charge in [-0.15, -0.1) is 0 Å². The summed E-state index contributed by atoms with van der Waals surface area (Å²) in [5, 5.41) is 7.56. The maximum Gasteiger partial charge on any atom is 0.272 e. The van der Waals surface area contributed by atoms with Crippen LogP contribution >= 0.6 is 0 Å². The van der Waals surface area contributed by atoms with Crippen LogP contribution in [0.25, 0.3) is 0 Å². The Balaban J connectivity index is 2.27. The summed E-state index contributed by atoms with van der Waals surface area (Å²) in [6.45, 7) is 6.40. The summed E-state index contributed by atoms with van der Waals surface area (Å²) in [7, 11) is 3.25. The second-order valence-electron chi connectivity index (χ2n) is 5.77. The van der Waals surface area contributed by atoms with E-state index in [2.05, 4.69) is 10.4 Å². The lowest BCUT2D eigenvalue weighted by atomic mass is 10.1. The van der Waals surface area contributed by atoms with Gasteiger partial charge < -0.3 is 14.8 Å². The molecule has 0 aliphatic rings. The Bertz CT molecular complexity index is 754. The number of anilines is 1. The molecule has 2 aromatic rings. The molecule has 0 saturated carbocycles. The van der Waals surface area contributed by atoms with Gasteiger partial charge in [-0.05, 0) is 32.4 Å². The van der Waals surface area contributed by atoms with Gasteiger partial charge in [0.05, 0.1) is 32.1 Å². The summed E-state index contributed by atoms with van der Waals surface area (Å²) in [6, 6.07) is 5.71. The summed E-state index contributed by atoms with van der Waals surface area (Å²) < 4.78 is 12.1. The van der Waals surface area contributed by atoms with Gasteiger partial charge >= 0.3 is 0 Å². The Hall–Kier alpha value is -2.50. The summed E-state index contributed by atoms with van der Waals surface area (Å²) >= 11 is 0. The number of methoxy groups -OCH3 is 2. The van der Waals surface area contributed by atoms with Crippen molar-refractivity contribution >= 4 is 5.69 Å². The highest BCUT2D eigenvalue weighted by molar-refractivity contribution is 5.50. The first kappa shape index (κ1) is 17.8. The fraction of sp³-hybridized carbons (Fsp3) is 0.444. The molecule has 0 bridgehead atoms. The maximum atomic E-state index is 12.5. The first-order chi connectivity index (χ1) is 11.5. The van der Waals surface area contributed by atoms with Crippen LogP contribution < -0.4 is 20.3 Å². The van der Waals surface area contributed by atoms with Gasteiger partial charge in [-0.25, -0.2) is 4.68 Å². The molecule has 0 amide bonds. The van der Waals surface area contributed by atoms with Gasteiger partial charge in [-0.1, -0.05) is 6.92 Å². The Labute approximate surface area is 142 Å². The lowest BCUT2D eigenvalue weighted by molar-refractivity contribution is 0.391. The van der Waals surface area contributed by atoms with E-state index in [-0.39, 0.29) is 11.6 Å². The fourth-order valence-corrected chi connectivity index (χ4v) is 2.55. The Morgan fingerprint density at radius 2 is 2.00 bits per heavy atom. The van der Waals surface area contributed by atoms with Gasteiger partial charge in [0, 0.05) is 23.7 Å².